The molecule has 3 heterocycles. The van der Waals surface area contributed by atoms with Crippen LogP contribution in [0.2, 0.25) is 0 Å². The van der Waals surface area contributed by atoms with Crippen LogP contribution in [0, 0.1) is 0 Å². The topological polar surface area (TPSA) is 56.5 Å². The van der Waals surface area contributed by atoms with Crippen molar-refractivity contribution in [1.82, 2.24) is 24.5 Å². The van der Waals surface area contributed by atoms with Gasteiger partial charge in [0.1, 0.15) is 0 Å². The van der Waals surface area contributed by atoms with Crippen molar-refractivity contribution in [3.63, 3.8) is 0 Å². The normalized spacial score (nSPS) is 12.0. The highest BCUT2D eigenvalue weighted by Crippen LogP contribution is 2.46. The fourth-order valence-electron chi connectivity index (χ4n) is 7.03. The molecule has 0 aliphatic rings. The number of pyridine rings is 1. The Morgan fingerprint density at radius 1 is 0.422 bits per heavy atom. The molecule has 0 saturated heterocycles. The summed E-state index contributed by atoms with van der Waals surface area (Å²) in [5.74, 6) is 1.94. The molecule has 0 bridgehead atoms. The molecule has 0 atom stereocenters. The molecule has 0 unspecified atom stereocenters. The van der Waals surface area contributed by atoms with E-state index in [2.05, 4.69) is 77.4 Å². The highest BCUT2D eigenvalue weighted by Gasteiger charge is 2.22. The van der Waals surface area contributed by atoms with Gasteiger partial charge in [-0.15, -0.1) is 0 Å². The molecule has 5 heteroatoms. The lowest BCUT2D eigenvalue weighted by molar-refractivity contribution is 1.07. The van der Waals surface area contributed by atoms with Crippen LogP contribution in [0.5, 0.6) is 0 Å². The van der Waals surface area contributed by atoms with Gasteiger partial charge in [-0.3, -0.25) is 4.98 Å². The minimum atomic E-state index is 0.638. The zero-order valence-corrected chi connectivity index (χ0v) is 24.0. The number of benzene rings is 7. The molecular weight excluding hydrogens is 550 g/mol. The summed E-state index contributed by atoms with van der Waals surface area (Å²) in [4.78, 5) is 19.8. The van der Waals surface area contributed by atoms with Crippen LogP contribution < -0.4 is 0 Å². The van der Waals surface area contributed by atoms with E-state index >= 15 is 0 Å². The SMILES string of the molecule is c1ccc(-c2nc(-c3ccccc3)nc(-c3cccc(-n4c5cccc6c7nccc8ccc9ccc4c(c9c87)c65)c3)n2)cc1. The third-order valence-electron chi connectivity index (χ3n) is 8.98. The molecule has 45 heavy (non-hydrogen) atoms. The van der Waals surface area contributed by atoms with Crippen molar-refractivity contribution in [2.45, 2.75) is 0 Å². The van der Waals surface area contributed by atoms with E-state index in [9.17, 15) is 0 Å². The Morgan fingerprint density at radius 2 is 1.02 bits per heavy atom. The zero-order valence-electron chi connectivity index (χ0n) is 24.0. The molecule has 0 spiro atoms. The molecule has 5 nitrogen and oxygen atoms in total. The van der Waals surface area contributed by atoms with Crippen LogP contribution in [-0.4, -0.2) is 24.5 Å². The van der Waals surface area contributed by atoms with Gasteiger partial charge in [-0.2, -0.15) is 0 Å². The average Bonchev–Trinajstić information content (AvgIpc) is 3.47. The molecule has 10 aromatic rings. The number of nitrogens with zero attached hydrogens (tertiary/aromatic N) is 5. The molecule has 7 aromatic carbocycles. The maximum absolute atomic E-state index is 4.99. The second-order valence-corrected chi connectivity index (χ2v) is 11.5. The van der Waals surface area contributed by atoms with Crippen molar-refractivity contribution < 1.29 is 0 Å². The minimum absolute atomic E-state index is 0.638. The smallest absolute Gasteiger partial charge is 0.164 e. The third-order valence-corrected chi connectivity index (χ3v) is 8.98. The fourth-order valence-corrected chi connectivity index (χ4v) is 7.03. The van der Waals surface area contributed by atoms with E-state index in [0.717, 1.165) is 33.4 Å². The van der Waals surface area contributed by atoms with Gasteiger partial charge in [-0.25, -0.2) is 15.0 Å². The van der Waals surface area contributed by atoms with Crippen LogP contribution in [0.25, 0.3) is 94.1 Å². The van der Waals surface area contributed by atoms with Crippen molar-refractivity contribution in [2.75, 3.05) is 0 Å². The first kappa shape index (κ1) is 24.3. The summed E-state index contributed by atoms with van der Waals surface area (Å²) < 4.78 is 2.37. The van der Waals surface area contributed by atoms with Crippen LogP contribution >= 0.6 is 0 Å². The molecule has 10 rings (SSSR count). The van der Waals surface area contributed by atoms with Gasteiger partial charge in [-0.05, 0) is 41.1 Å². The van der Waals surface area contributed by atoms with Crippen LogP contribution in [-0.2, 0) is 0 Å². The summed E-state index contributed by atoms with van der Waals surface area (Å²) in [6.07, 6.45) is 1.93. The van der Waals surface area contributed by atoms with E-state index in [0.29, 0.717) is 17.5 Å². The van der Waals surface area contributed by atoms with Gasteiger partial charge in [0.15, 0.2) is 17.5 Å². The third kappa shape index (κ3) is 3.49. The molecule has 0 N–H and O–H groups in total. The maximum atomic E-state index is 4.99. The van der Waals surface area contributed by atoms with Crippen molar-refractivity contribution in [2.24, 2.45) is 0 Å². The molecule has 0 saturated carbocycles. The van der Waals surface area contributed by atoms with E-state index in [1.54, 1.807) is 0 Å². The number of hydrogen-bond donors (Lipinski definition) is 0. The van der Waals surface area contributed by atoms with E-state index < -0.39 is 0 Å². The second-order valence-electron chi connectivity index (χ2n) is 11.5. The average molecular weight is 574 g/mol. The summed E-state index contributed by atoms with van der Waals surface area (Å²) in [5, 5.41) is 8.69. The van der Waals surface area contributed by atoms with Crippen molar-refractivity contribution in [3.05, 3.63) is 140 Å². The van der Waals surface area contributed by atoms with Crippen LogP contribution in [0.4, 0.5) is 0 Å². The largest absolute Gasteiger partial charge is 0.309 e. The van der Waals surface area contributed by atoms with Gasteiger partial charge in [0.05, 0.1) is 16.6 Å². The number of hydrogen-bond acceptors (Lipinski definition) is 4. The first-order valence-corrected chi connectivity index (χ1v) is 15.1. The molecule has 0 aliphatic heterocycles. The van der Waals surface area contributed by atoms with E-state index in [-0.39, 0.29) is 0 Å². The fraction of sp³-hybridized carbons (Fsp3) is 0. The highest BCUT2D eigenvalue weighted by molar-refractivity contribution is 6.39. The Balaban J connectivity index is 1.24. The number of fused-ring (bicyclic) bond motifs is 1. The zero-order chi connectivity index (χ0) is 29.5. The molecule has 208 valence electrons. The van der Waals surface area contributed by atoms with E-state index in [4.69, 9.17) is 19.9 Å². The quantitative estimate of drug-likeness (QED) is 0.155. The van der Waals surface area contributed by atoms with Crippen molar-refractivity contribution in [3.8, 4) is 39.9 Å². The first-order valence-electron chi connectivity index (χ1n) is 15.1. The molecule has 0 fully saturated rings. The van der Waals surface area contributed by atoms with Crippen molar-refractivity contribution in [1.29, 1.82) is 0 Å². The van der Waals surface area contributed by atoms with Crippen molar-refractivity contribution >= 4 is 54.3 Å². The first-order chi connectivity index (χ1) is 22.3. The maximum Gasteiger partial charge on any atom is 0.164 e. The summed E-state index contributed by atoms with van der Waals surface area (Å²) in [6.45, 7) is 0. The minimum Gasteiger partial charge on any atom is -0.309 e. The Hall–Kier alpha value is -6.20. The number of rotatable bonds is 4. The molecule has 0 aliphatic carbocycles. The monoisotopic (exact) mass is 573 g/mol. The Bertz CT molecular complexity index is 2640. The molecular formula is C40H23N5. The van der Waals surface area contributed by atoms with Gasteiger partial charge < -0.3 is 4.57 Å². The standard InChI is InChI=1S/C40H23N5/c1-3-9-26(10-4-1)38-42-39(27-11-5-2-6-12-27)44-40(43-38)28-13-7-14-29(23-28)45-31-16-8-15-30-35(31)36-32(45)20-19-24-17-18-25-21-22-41-37(30)34(25)33(24)36/h1-23H. The summed E-state index contributed by atoms with van der Waals surface area (Å²) in [7, 11) is 0. The predicted molar refractivity (Wildman–Crippen MR) is 183 cm³/mol. The van der Waals surface area contributed by atoms with Gasteiger partial charge in [0, 0.05) is 55.5 Å². The Labute approximate surface area is 257 Å². The lowest BCUT2D eigenvalue weighted by Gasteiger charge is -2.12. The summed E-state index contributed by atoms with van der Waals surface area (Å²) in [5.41, 5.74) is 7.28. The van der Waals surface area contributed by atoms with Gasteiger partial charge in [-0.1, -0.05) is 103 Å². The lowest BCUT2D eigenvalue weighted by atomic mass is 9.92. The van der Waals surface area contributed by atoms with Crippen LogP contribution in [0.1, 0.15) is 0 Å². The summed E-state index contributed by atoms with van der Waals surface area (Å²) >= 11 is 0. The van der Waals surface area contributed by atoms with Crippen LogP contribution in [0.15, 0.2) is 140 Å². The Morgan fingerprint density at radius 3 is 1.76 bits per heavy atom. The number of aromatic nitrogens is 5. The van der Waals surface area contributed by atoms with E-state index in [1.807, 2.05) is 66.9 Å². The lowest BCUT2D eigenvalue weighted by Crippen LogP contribution is -2.01. The molecule has 3 aromatic heterocycles. The summed E-state index contributed by atoms with van der Waals surface area (Å²) in [6, 6.07) is 46.4. The molecule has 0 radical (unpaired) electrons. The highest BCUT2D eigenvalue weighted by atomic mass is 15.0. The van der Waals surface area contributed by atoms with Gasteiger partial charge in [0.25, 0.3) is 0 Å². The van der Waals surface area contributed by atoms with Crippen LogP contribution in [0.3, 0.4) is 0 Å². The Kier molecular flexibility index (Phi) is 4.93. The molecule has 0 amide bonds. The van der Waals surface area contributed by atoms with Gasteiger partial charge in [0.2, 0.25) is 0 Å². The van der Waals surface area contributed by atoms with Gasteiger partial charge >= 0.3 is 0 Å². The van der Waals surface area contributed by atoms with E-state index in [1.165, 1.54) is 43.2 Å². The second kappa shape index (κ2) is 9.15. The predicted octanol–water partition coefficient (Wildman–Crippen LogP) is 9.70.